The fourth-order valence-electron chi connectivity index (χ4n) is 2.94. The minimum absolute atomic E-state index is 0.00972. The number of nitro groups is 1. The molecule has 1 amide bonds. The molecule has 1 fully saturated rings. The van der Waals surface area contributed by atoms with E-state index in [4.69, 9.17) is 4.74 Å². The first-order valence-corrected chi connectivity index (χ1v) is 8.10. The summed E-state index contributed by atoms with van der Waals surface area (Å²) in [6.07, 6.45) is 2.38. The van der Waals surface area contributed by atoms with Gasteiger partial charge in [-0.3, -0.25) is 10.1 Å². The van der Waals surface area contributed by atoms with E-state index in [1.54, 1.807) is 4.90 Å². The van der Waals surface area contributed by atoms with Gasteiger partial charge in [0, 0.05) is 18.2 Å². The van der Waals surface area contributed by atoms with Gasteiger partial charge in [0.25, 0.3) is 5.69 Å². The van der Waals surface area contributed by atoms with Crippen LogP contribution in [0.2, 0.25) is 0 Å². The van der Waals surface area contributed by atoms with Gasteiger partial charge in [-0.25, -0.2) is 9.18 Å². The van der Waals surface area contributed by atoms with Crippen molar-refractivity contribution < 1.29 is 18.8 Å². The highest BCUT2D eigenvalue weighted by molar-refractivity contribution is 5.69. The molecule has 0 spiro atoms. The summed E-state index contributed by atoms with van der Waals surface area (Å²) < 4.78 is 18.6. The van der Waals surface area contributed by atoms with Crippen LogP contribution in [0.15, 0.2) is 18.2 Å². The van der Waals surface area contributed by atoms with Crippen molar-refractivity contribution in [3.63, 3.8) is 0 Å². The summed E-state index contributed by atoms with van der Waals surface area (Å²) in [6, 6.07) is 3.60. The molecule has 2 rings (SSSR count). The molecule has 1 aromatic carbocycles. The standard InChI is InChI=1S/C17H23FN2O4/c1-17(2,3)24-16(21)19-10-4-5-14(19)9-7-12-6-8-13(18)11-15(12)20(22)23/h6,8,11,14H,4-5,7,9-10H2,1-3H3/t14-/m0/s1. The second-order valence-electron chi connectivity index (χ2n) is 7.04. The zero-order chi connectivity index (χ0) is 17.9. The van der Waals surface area contributed by atoms with Crippen LogP contribution in [-0.2, 0) is 11.2 Å². The molecule has 0 N–H and O–H groups in total. The lowest BCUT2D eigenvalue weighted by Gasteiger charge is -2.28. The number of ether oxygens (including phenoxy) is 1. The maximum Gasteiger partial charge on any atom is 0.410 e. The molecule has 6 nitrogen and oxygen atoms in total. The van der Waals surface area contributed by atoms with Gasteiger partial charge < -0.3 is 9.64 Å². The van der Waals surface area contributed by atoms with E-state index in [0.29, 0.717) is 24.9 Å². The SMILES string of the molecule is CC(C)(C)OC(=O)N1CCC[C@H]1CCc1ccc(F)cc1[N+](=O)[O-]. The van der Waals surface area contributed by atoms with Crippen molar-refractivity contribution in [3.05, 3.63) is 39.7 Å². The van der Waals surface area contributed by atoms with Crippen molar-refractivity contribution in [2.45, 2.75) is 58.1 Å². The Hall–Kier alpha value is -2.18. The van der Waals surface area contributed by atoms with Crippen LogP contribution < -0.4 is 0 Å². The van der Waals surface area contributed by atoms with Gasteiger partial charge in [-0.05, 0) is 58.6 Å². The zero-order valence-electron chi connectivity index (χ0n) is 14.3. The number of hydrogen-bond acceptors (Lipinski definition) is 4. The summed E-state index contributed by atoms with van der Waals surface area (Å²) in [5.74, 6) is -0.623. The predicted octanol–water partition coefficient (Wildman–Crippen LogP) is 4.07. The monoisotopic (exact) mass is 338 g/mol. The van der Waals surface area contributed by atoms with Crippen LogP contribution in [0.4, 0.5) is 14.9 Å². The number of halogens is 1. The number of hydrogen-bond donors (Lipinski definition) is 0. The van der Waals surface area contributed by atoms with Gasteiger partial charge in [0.05, 0.1) is 11.0 Å². The number of benzene rings is 1. The summed E-state index contributed by atoms with van der Waals surface area (Å²) in [4.78, 5) is 24.4. The van der Waals surface area contributed by atoms with E-state index in [2.05, 4.69) is 0 Å². The van der Waals surface area contributed by atoms with Gasteiger partial charge in [-0.15, -0.1) is 0 Å². The largest absolute Gasteiger partial charge is 0.444 e. The molecule has 132 valence electrons. The van der Waals surface area contributed by atoms with Crippen LogP contribution in [0.3, 0.4) is 0 Å². The first-order chi connectivity index (χ1) is 11.2. The van der Waals surface area contributed by atoms with Crippen LogP contribution >= 0.6 is 0 Å². The summed E-state index contributed by atoms with van der Waals surface area (Å²) in [5.41, 5.74) is -0.283. The molecule has 0 unspecified atom stereocenters. The predicted molar refractivity (Wildman–Crippen MR) is 87.3 cm³/mol. The van der Waals surface area contributed by atoms with Crippen LogP contribution in [-0.4, -0.2) is 34.1 Å². The summed E-state index contributed by atoms with van der Waals surface area (Å²) in [6.45, 7) is 6.08. The maximum atomic E-state index is 13.2. The van der Waals surface area contributed by atoms with Gasteiger partial charge in [0.15, 0.2) is 0 Å². The molecule has 1 atom stereocenters. The van der Waals surface area contributed by atoms with Crippen molar-refractivity contribution in [2.24, 2.45) is 0 Å². The van der Waals surface area contributed by atoms with E-state index >= 15 is 0 Å². The Morgan fingerprint density at radius 3 is 2.79 bits per heavy atom. The third-order valence-electron chi connectivity index (χ3n) is 4.00. The normalized spacial score (nSPS) is 17.8. The third kappa shape index (κ3) is 4.66. The average molecular weight is 338 g/mol. The topological polar surface area (TPSA) is 72.7 Å². The van der Waals surface area contributed by atoms with Gasteiger partial charge in [-0.1, -0.05) is 0 Å². The van der Waals surface area contributed by atoms with E-state index < -0.39 is 16.3 Å². The molecule has 7 heteroatoms. The molecule has 1 aromatic rings. The van der Waals surface area contributed by atoms with E-state index in [-0.39, 0.29) is 17.8 Å². The maximum absolute atomic E-state index is 13.2. The van der Waals surface area contributed by atoms with E-state index in [0.717, 1.165) is 18.9 Å². The number of carbonyl (C=O) groups is 1. The Kier molecular flexibility index (Phi) is 5.41. The first kappa shape index (κ1) is 18.2. The molecule has 0 aromatic heterocycles. The molecule has 1 aliphatic rings. The van der Waals surface area contributed by atoms with Crippen LogP contribution in [0.1, 0.15) is 45.6 Å². The molecule has 0 bridgehead atoms. The van der Waals surface area contributed by atoms with Crippen molar-refractivity contribution in [3.8, 4) is 0 Å². The molecule has 24 heavy (non-hydrogen) atoms. The number of carbonyl (C=O) groups excluding carboxylic acids is 1. The Labute approximate surface area is 140 Å². The van der Waals surface area contributed by atoms with Crippen molar-refractivity contribution in [1.29, 1.82) is 0 Å². The van der Waals surface area contributed by atoms with Gasteiger partial charge in [-0.2, -0.15) is 0 Å². The second kappa shape index (κ2) is 7.15. The number of rotatable bonds is 4. The van der Waals surface area contributed by atoms with Gasteiger partial charge >= 0.3 is 6.09 Å². The average Bonchev–Trinajstić information content (AvgIpc) is 2.92. The van der Waals surface area contributed by atoms with Gasteiger partial charge in [0.1, 0.15) is 11.4 Å². The highest BCUT2D eigenvalue weighted by Gasteiger charge is 2.32. The number of nitrogens with zero attached hydrogens (tertiary/aromatic N) is 2. The Balaban J connectivity index is 2.03. The van der Waals surface area contributed by atoms with Crippen molar-refractivity contribution in [1.82, 2.24) is 4.90 Å². The zero-order valence-corrected chi connectivity index (χ0v) is 14.3. The molecule has 1 heterocycles. The van der Waals surface area contributed by atoms with Crippen molar-refractivity contribution >= 4 is 11.8 Å². The summed E-state index contributed by atoms with van der Waals surface area (Å²) in [7, 11) is 0. The lowest BCUT2D eigenvalue weighted by molar-refractivity contribution is -0.385. The summed E-state index contributed by atoms with van der Waals surface area (Å²) in [5, 5.41) is 11.1. The molecule has 0 aliphatic carbocycles. The quantitative estimate of drug-likeness (QED) is 0.613. The molecule has 0 saturated carbocycles. The van der Waals surface area contributed by atoms with E-state index in [1.807, 2.05) is 20.8 Å². The second-order valence-corrected chi connectivity index (χ2v) is 7.04. The molecule has 0 radical (unpaired) electrons. The number of amides is 1. The van der Waals surface area contributed by atoms with Crippen LogP contribution in [0.5, 0.6) is 0 Å². The Morgan fingerprint density at radius 1 is 1.46 bits per heavy atom. The van der Waals surface area contributed by atoms with Crippen molar-refractivity contribution in [2.75, 3.05) is 6.54 Å². The first-order valence-electron chi connectivity index (χ1n) is 8.10. The summed E-state index contributed by atoms with van der Waals surface area (Å²) >= 11 is 0. The number of likely N-dealkylation sites (tertiary alicyclic amines) is 1. The molecule has 1 saturated heterocycles. The fourth-order valence-corrected chi connectivity index (χ4v) is 2.94. The highest BCUT2D eigenvalue weighted by Crippen LogP contribution is 2.27. The van der Waals surface area contributed by atoms with E-state index in [9.17, 15) is 19.3 Å². The minimum atomic E-state index is -0.623. The number of aryl methyl sites for hydroxylation is 1. The van der Waals surface area contributed by atoms with Crippen LogP contribution in [0, 0.1) is 15.9 Å². The lowest BCUT2D eigenvalue weighted by Crippen LogP contribution is -2.40. The number of nitro benzene ring substituents is 1. The Bertz CT molecular complexity index is 628. The molecule has 1 aliphatic heterocycles. The van der Waals surface area contributed by atoms with Crippen LogP contribution in [0.25, 0.3) is 0 Å². The molecular weight excluding hydrogens is 315 g/mol. The fraction of sp³-hybridized carbons (Fsp3) is 0.588. The molecular formula is C17H23FN2O4. The van der Waals surface area contributed by atoms with E-state index in [1.165, 1.54) is 12.1 Å². The third-order valence-corrected chi connectivity index (χ3v) is 4.00. The minimum Gasteiger partial charge on any atom is -0.444 e. The van der Waals surface area contributed by atoms with Gasteiger partial charge in [0.2, 0.25) is 0 Å². The smallest absolute Gasteiger partial charge is 0.410 e. The lowest BCUT2D eigenvalue weighted by atomic mass is 10.0. The highest BCUT2D eigenvalue weighted by atomic mass is 19.1. The Morgan fingerprint density at radius 2 is 2.17 bits per heavy atom.